The zero-order valence-electron chi connectivity index (χ0n) is 10.2. The summed E-state index contributed by atoms with van der Waals surface area (Å²) in [6.07, 6.45) is 0.305. The van der Waals surface area contributed by atoms with Crippen molar-refractivity contribution in [3.8, 4) is 11.5 Å². The number of esters is 1. The second kappa shape index (κ2) is 6.10. The molecule has 17 heavy (non-hydrogen) atoms. The molecule has 0 aliphatic rings. The summed E-state index contributed by atoms with van der Waals surface area (Å²) in [6.45, 7) is 0. The van der Waals surface area contributed by atoms with Gasteiger partial charge in [-0.15, -0.1) is 0 Å². The van der Waals surface area contributed by atoms with E-state index in [1.54, 1.807) is 26.4 Å². The molecular formula is C12H17NO4. The first kappa shape index (κ1) is 13.3. The summed E-state index contributed by atoms with van der Waals surface area (Å²) in [7, 11) is 4.42. The smallest absolute Gasteiger partial charge is 0.322 e. The number of carbonyl (C=O) groups is 1. The Labute approximate surface area is 100 Å². The lowest BCUT2D eigenvalue weighted by Gasteiger charge is -2.15. The van der Waals surface area contributed by atoms with Crippen molar-refractivity contribution in [3.63, 3.8) is 0 Å². The van der Waals surface area contributed by atoms with Crippen LogP contribution in [-0.4, -0.2) is 33.3 Å². The molecule has 1 rings (SSSR count). The Morgan fingerprint density at radius 1 is 1.24 bits per heavy atom. The van der Waals surface area contributed by atoms with E-state index in [4.69, 9.17) is 15.2 Å². The molecule has 2 N–H and O–H groups in total. The van der Waals surface area contributed by atoms with E-state index in [1.165, 1.54) is 7.11 Å². The van der Waals surface area contributed by atoms with E-state index < -0.39 is 12.0 Å². The molecule has 0 saturated heterocycles. The fourth-order valence-electron chi connectivity index (χ4n) is 1.58. The summed E-state index contributed by atoms with van der Waals surface area (Å²) in [5, 5.41) is 0. The standard InChI is InChI=1S/C12H17NO4/c1-15-10-5-4-6-11(16-2)8(10)7-9(13)12(14)17-3/h4-6,9H,7,13H2,1-3H3/t9-/m0/s1. The van der Waals surface area contributed by atoms with Gasteiger partial charge < -0.3 is 19.9 Å². The fraction of sp³-hybridized carbons (Fsp3) is 0.417. The van der Waals surface area contributed by atoms with Crippen molar-refractivity contribution < 1.29 is 19.0 Å². The molecule has 0 aliphatic carbocycles. The van der Waals surface area contributed by atoms with Crippen molar-refractivity contribution in [1.29, 1.82) is 0 Å². The summed E-state index contributed by atoms with van der Waals surface area (Å²) >= 11 is 0. The van der Waals surface area contributed by atoms with E-state index in [1.807, 2.05) is 6.07 Å². The fourth-order valence-corrected chi connectivity index (χ4v) is 1.58. The van der Waals surface area contributed by atoms with Crippen molar-refractivity contribution in [2.75, 3.05) is 21.3 Å². The molecule has 0 radical (unpaired) electrons. The minimum atomic E-state index is -0.731. The molecule has 0 spiro atoms. The van der Waals surface area contributed by atoms with Crippen molar-refractivity contribution in [2.24, 2.45) is 5.73 Å². The van der Waals surface area contributed by atoms with Crippen LogP contribution in [0, 0.1) is 0 Å². The molecule has 0 unspecified atom stereocenters. The highest BCUT2D eigenvalue weighted by Crippen LogP contribution is 2.29. The average molecular weight is 239 g/mol. The molecule has 1 atom stereocenters. The van der Waals surface area contributed by atoms with Crippen molar-refractivity contribution in [1.82, 2.24) is 0 Å². The lowest BCUT2D eigenvalue weighted by molar-refractivity contribution is -0.142. The molecule has 0 amide bonds. The van der Waals surface area contributed by atoms with Gasteiger partial charge in [0.1, 0.15) is 17.5 Å². The predicted molar refractivity (Wildman–Crippen MR) is 63.2 cm³/mol. The molecule has 1 aromatic rings. The number of benzene rings is 1. The SMILES string of the molecule is COC(=O)[C@@H](N)Cc1c(OC)cccc1OC. The minimum absolute atomic E-state index is 0.305. The van der Waals surface area contributed by atoms with Crippen LogP contribution in [-0.2, 0) is 16.0 Å². The molecule has 0 aliphatic heterocycles. The molecule has 94 valence electrons. The number of rotatable bonds is 5. The highest BCUT2D eigenvalue weighted by molar-refractivity contribution is 5.76. The quantitative estimate of drug-likeness (QED) is 0.768. The van der Waals surface area contributed by atoms with E-state index in [2.05, 4.69) is 4.74 Å². The Balaban J connectivity index is 2.99. The molecule has 0 fully saturated rings. The van der Waals surface area contributed by atoms with Crippen molar-refractivity contribution in [3.05, 3.63) is 23.8 Å². The predicted octanol–water partition coefficient (Wildman–Crippen LogP) is 0.747. The lowest BCUT2D eigenvalue weighted by atomic mass is 10.0. The van der Waals surface area contributed by atoms with Crippen LogP contribution in [0.25, 0.3) is 0 Å². The van der Waals surface area contributed by atoms with Gasteiger partial charge in [-0.3, -0.25) is 4.79 Å². The van der Waals surface area contributed by atoms with Gasteiger partial charge in [-0.1, -0.05) is 6.07 Å². The minimum Gasteiger partial charge on any atom is -0.496 e. The van der Waals surface area contributed by atoms with Gasteiger partial charge in [-0.05, 0) is 12.1 Å². The van der Waals surface area contributed by atoms with Gasteiger partial charge in [0.25, 0.3) is 0 Å². The highest BCUT2D eigenvalue weighted by Gasteiger charge is 2.19. The molecule has 0 saturated carbocycles. The molecule has 0 aromatic heterocycles. The highest BCUT2D eigenvalue weighted by atomic mass is 16.5. The van der Waals surface area contributed by atoms with Crippen molar-refractivity contribution >= 4 is 5.97 Å². The Bertz CT molecular complexity index is 370. The first-order valence-corrected chi connectivity index (χ1v) is 5.17. The van der Waals surface area contributed by atoms with E-state index in [0.29, 0.717) is 17.9 Å². The van der Waals surface area contributed by atoms with Crippen LogP contribution < -0.4 is 15.2 Å². The van der Waals surface area contributed by atoms with E-state index in [9.17, 15) is 4.79 Å². The Hall–Kier alpha value is -1.75. The second-order valence-electron chi connectivity index (χ2n) is 3.47. The van der Waals surface area contributed by atoms with Crippen LogP contribution in [0.3, 0.4) is 0 Å². The average Bonchev–Trinajstić information content (AvgIpc) is 2.37. The zero-order chi connectivity index (χ0) is 12.8. The molecule has 0 heterocycles. The molecule has 5 heteroatoms. The third kappa shape index (κ3) is 3.10. The van der Waals surface area contributed by atoms with Crippen LogP contribution in [0.2, 0.25) is 0 Å². The van der Waals surface area contributed by atoms with Gasteiger partial charge in [-0.25, -0.2) is 0 Å². The number of nitrogens with two attached hydrogens (primary N) is 1. The summed E-state index contributed by atoms with van der Waals surface area (Å²) in [5.41, 5.74) is 6.48. The second-order valence-corrected chi connectivity index (χ2v) is 3.47. The first-order valence-electron chi connectivity index (χ1n) is 5.17. The number of methoxy groups -OCH3 is 3. The lowest BCUT2D eigenvalue weighted by Crippen LogP contribution is -2.33. The molecule has 0 bridgehead atoms. The summed E-state index contributed by atoms with van der Waals surface area (Å²) in [6, 6.07) is 4.67. The normalized spacial score (nSPS) is 11.8. The number of hydrogen-bond donors (Lipinski definition) is 1. The van der Waals surface area contributed by atoms with E-state index in [-0.39, 0.29) is 0 Å². The maximum absolute atomic E-state index is 11.3. The van der Waals surface area contributed by atoms with E-state index in [0.717, 1.165) is 5.56 Å². The van der Waals surface area contributed by atoms with Crippen LogP contribution in [0.15, 0.2) is 18.2 Å². The van der Waals surface area contributed by atoms with Gasteiger partial charge >= 0.3 is 5.97 Å². The third-order valence-corrected chi connectivity index (χ3v) is 2.46. The van der Waals surface area contributed by atoms with Crippen molar-refractivity contribution in [2.45, 2.75) is 12.5 Å². The Morgan fingerprint density at radius 3 is 2.18 bits per heavy atom. The summed E-state index contributed by atoms with van der Waals surface area (Å²) in [4.78, 5) is 11.3. The Kier molecular flexibility index (Phi) is 4.78. The van der Waals surface area contributed by atoms with Gasteiger partial charge in [0.05, 0.1) is 21.3 Å². The van der Waals surface area contributed by atoms with Gasteiger partial charge in [-0.2, -0.15) is 0 Å². The maximum atomic E-state index is 11.3. The van der Waals surface area contributed by atoms with Crippen LogP contribution in [0.5, 0.6) is 11.5 Å². The third-order valence-electron chi connectivity index (χ3n) is 2.46. The number of hydrogen-bond acceptors (Lipinski definition) is 5. The van der Waals surface area contributed by atoms with Gasteiger partial charge in [0.2, 0.25) is 0 Å². The van der Waals surface area contributed by atoms with Crippen LogP contribution >= 0.6 is 0 Å². The zero-order valence-corrected chi connectivity index (χ0v) is 10.2. The summed E-state index contributed by atoms with van der Waals surface area (Å²) < 4.78 is 15.0. The number of carbonyl (C=O) groups excluding carboxylic acids is 1. The first-order chi connectivity index (χ1) is 8.13. The molecule has 5 nitrogen and oxygen atoms in total. The van der Waals surface area contributed by atoms with Crippen LogP contribution in [0.1, 0.15) is 5.56 Å². The largest absolute Gasteiger partial charge is 0.496 e. The number of ether oxygens (including phenoxy) is 3. The molecule has 1 aromatic carbocycles. The summed E-state index contributed by atoms with van der Waals surface area (Å²) in [5.74, 6) is 0.824. The monoisotopic (exact) mass is 239 g/mol. The van der Waals surface area contributed by atoms with Crippen LogP contribution in [0.4, 0.5) is 0 Å². The topological polar surface area (TPSA) is 70.8 Å². The molecular weight excluding hydrogens is 222 g/mol. The Morgan fingerprint density at radius 2 is 1.76 bits per heavy atom. The van der Waals surface area contributed by atoms with Gasteiger partial charge in [0, 0.05) is 12.0 Å². The van der Waals surface area contributed by atoms with E-state index >= 15 is 0 Å². The maximum Gasteiger partial charge on any atom is 0.322 e. The van der Waals surface area contributed by atoms with Gasteiger partial charge in [0.15, 0.2) is 0 Å².